The average molecular weight is 448 g/mol. The fourth-order valence-electron chi connectivity index (χ4n) is 3.93. The molecule has 7 heteroatoms. The Balaban J connectivity index is 1.42. The molecule has 1 fully saturated rings. The Bertz CT molecular complexity index is 1010. The number of oxazole rings is 1. The van der Waals surface area contributed by atoms with E-state index in [1.807, 2.05) is 12.1 Å². The Hall–Kier alpha value is -3.16. The van der Waals surface area contributed by atoms with E-state index in [1.54, 1.807) is 6.26 Å². The molecule has 2 aromatic carbocycles. The van der Waals surface area contributed by atoms with Gasteiger partial charge in [0.15, 0.2) is 5.96 Å². The third-order valence-electron chi connectivity index (χ3n) is 5.73. The zero-order chi connectivity index (χ0) is 22.9. The summed E-state index contributed by atoms with van der Waals surface area (Å²) in [6, 6.07) is 19.0. The summed E-state index contributed by atoms with van der Waals surface area (Å²) < 4.78 is 11.2. The number of aryl methyl sites for hydroxylation is 1. The molecule has 1 unspecified atom stereocenters. The topological polar surface area (TPSA) is 74.9 Å². The number of nitrogens with one attached hydrogen (secondary N) is 2. The van der Waals surface area contributed by atoms with Crippen LogP contribution in [0.3, 0.4) is 0 Å². The number of aromatic nitrogens is 1. The molecule has 3 aromatic rings. The maximum atomic E-state index is 5.68. The van der Waals surface area contributed by atoms with Crippen molar-refractivity contribution >= 4 is 5.96 Å². The highest BCUT2D eigenvalue weighted by atomic mass is 16.5. The molecule has 1 aliphatic heterocycles. The molecule has 33 heavy (non-hydrogen) atoms. The summed E-state index contributed by atoms with van der Waals surface area (Å²) in [5.41, 5.74) is 4.28. The van der Waals surface area contributed by atoms with E-state index in [2.05, 4.69) is 76.8 Å². The largest absolute Gasteiger partial charge is 0.444 e. The highest BCUT2D eigenvalue weighted by Crippen LogP contribution is 2.21. The van der Waals surface area contributed by atoms with Crippen LogP contribution < -0.4 is 10.6 Å². The van der Waals surface area contributed by atoms with Gasteiger partial charge < -0.3 is 19.8 Å². The van der Waals surface area contributed by atoms with Gasteiger partial charge in [-0.2, -0.15) is 0 Å². The van der Waals surface area contributed by atoms with Crippen molar-refractivity contribution < 1.29 is 9.15 Å². The summed E-state index contributed by atoms with van der Waals surface area (Å²) in [7, 11) is 0. The number of morpholine rings is 1. The van der Waals surface area contributed by atoms with Crippen molar-refractivity contribution in [2.45, 2.75) is 26.4 Å². The van der Waals surface area contributed by atoms with E-state index in [1.165, 1.54) is 11.1 Å². The Labute approximate surface area is 195 Å². The van der Waals surface area contributed by atoms with Crippen molar-refractivity contribution in [2.75, 3.05) is 39.4 Å². The van der Waals surface area contributed by atoms with Crippen LogP contribution in [0.4, 0.5) is 0 Å². The number of hydrogen-bond donors (Lipinski definition) is 2. The third kappa shape index (κ3) is 6.43. The number of aliphatic imine (C=N–C) groups is 1. The van der Waals surface area contributed by atoms with Crippen LogP contribution in [0.1, 0.15) is 29.8 Å². The van der Waals surface area contributed by atoms with E-state index in [9.17, 15) is 0 Å². The van der Waals surface area contributed by atoms with E-state index in [-0.39, 0.29) is 6.04 Å². The summed E-state index contributed by atoms with van der Waals surface area (Å²) in [5, 5.41) is 6.87. The molecule has 0 saturated carbocycles. The molecular formula is C26H33N5O2. The van der Waals surface area contributed by atoms with Crippen LogP contribution in [0.25, 0.3) is 11.5 Å². The zero-order valence-electron chi connectivity index (χ0n) is 19.5. The lowest BCUT2D eigenvalue weighted by Gasteiger charge is -2.35. The molecule has 2 N–H and O–H groups in total. The second-order valence-corrected chi connectivity index (χ2v) is 8.16. The van der Waals surface area contributed by atoms with E-state index >= 15 is 0 Å². The number of nitrogens with zero attached hydrogens (tertiary/aromatic N) is 3. The van der Waals surface area contributed by atoms with E-state index in [4.69, 9.17) is 14.1 Å². The normalized spacial score (nSPS) is 15.9. The summed E-state index contributed by atoms with van der Waals surface area (Å²) in [6.45, 7) is 9.51. The highest BCUT2D eigenvalue weighted by Gasteiger charge is 2.22. The van der Waals surface area contributed by atoms with Gasteiger partial charge in [-0.1, -0.05) is 48.0 Å². The number of guanidine groups is 1. The SMILES string of the molecule is CCNC(=NCc1coc(-c2ccc(C)cc2)n1)NCC(c1ccccc1)N1CCOCC1. The van der Waals surface area contributed by atoms with Crippen LogP contribution in [0.2, 0.25) is 0 Å². The Morgan fingerprint density at radius 2 is 1.82 bits per heavy atom. The van der Waals surface area contributed by atoms with Crippen LogP contribution in [-0.2, 0) is 11.3 Å². The van der Waals surface area contributed by atoms with Gasteiger partial charge in [-0.25, -0.2) is 9.98 Å². The molecule has 4 rings (SSSR count). The molecule has 0 radical (unpaired) electrons. The van der Waals surface area contributed by atoms with Gasteiger partial charge in [-0.05, 0) is 31.5 Å². The van der Waals surface area contributed by atoms with Gasteiger partial charge in [0.25, 0.3) is 0 Å². The molecule has 1 aromatic heterocycles. The maximum absolute atomic E-state index is 5.68. The van der Waals surface area contributed by atoms with E-state index in [0.29, 0.717) is 12.4 Å². The van der Waals surface area contributed by atoms with Gasteiger partial charge >= 0.3 is 0 Å². The monoisotopic (exact) mass is 447 g/mol. The smallest absolute Gasteiger partial charge is 0.226 e. The Morgan fingerprint density at radius 3 is 2.55 bits per heavy atom. The van der Waals surface area contributed by atoms with Crippen molar-refractivity contribution in [1.82, 2.24) is 20.5 Å². The first-order valence-corrected chi connectivity index (χ1v) is 11.6. The Kier molecular flexibility index (Phi) is 8.11. The first-order chi connectivity index (χ1) is 16.2. The number of rotatable bonds is 8. The fraction of sp³-hybridized carbons (Fsp3) is 0.385. The van der Waals surface area contributed by atoms with Gasteiger partial charge in [-0.3, -0.25) is 4.90 Å². The fourth-order valence-corrected chi connectivity index (χ4v) is 3.93. The summed E-state index contributed by atoms with van der Waals surface area (Å²) in [4.78, 5) is 11.8. The summed E-state index contributed by atoms with van der Waals surface area (Å²) in [6.07, 6.45) is 1.68. The molecule has 1 saturated heterocycles. The molecule has 1 aliphatic rings. The molecule has 7 nitrogen and oxygen atoms in total. The quantitative estimate of drug-likeness (QED) is 0.404. The predicted octanol–water partition coefficient (Wildman–Crippen LogP) is 3.78. The zero-order valence-corrected chi connectivity index (χ0v) is 19.5. The van der Waals surface area contributed by atoms with Crippen LogP contribution in [-0.4, -0.2) is 55.2 Å². The van der Waals surface area contributed by atoms with Gasteiger partial charge in [0.05, 0.1) is 25.8 Å². The predicted molar refractivity (Wildman–Crippen MR) is 131 cm³/mol. The van der Waals surface area contributed by atoms with Crippen molar-refractivity contribution in [3.8, 4) is 11.5 Å². The van der Waals surface area contributed by atoms with Gasteiger partial charge in [-0.15, -0.1) is 0 Å². The number of ether oxygens (including phenoxy) is 1. The summed E-state index contributed by atoms with van der Waals surface area (Å²) in [5.74, 6) is 1.39. The van der Waals surface area contributed by atoms with Gasteiger partial charge in [0, 0.05) is 31.7 Å². The minimum Gasteiger partial charge on any atom is -0.444 e. The first kappa shape index (κ1) is 23.0. The lowest BCUT2D eigenvalue weighted by Crippen LogP contribution is -2.46. The number of hydrogen-bond acceptors (Lipinski definition) is 5. The van der Waals surface area contributed by atoms with E-state index in [0.717, 1.165) is 56.6 Å². The average Bonchev–Trinajstić information content (AvgIpc) is 3.33. The maximum Gasteiger partial charge on any atom is 0.226 e. The molecule has 0 amide bonds. The third-order valence-corrected chi connectivity index (χ3v) is 5.73. The first-order valence-electron chi connectivity index (χ1n) is 11.6. The molecule has 174 valence electrons. The van der Waals surface area contributed by atoms with Crippen LogP contribution in [0.5, 0.6) is 0 Å². The van der Waals surface area contributed by atoms with Crippen LogP contribution in [0, 0.1) is 6.92 Å². The lowest BCUT2D eigenvalue weighted by molar-refractivity contribution is 0.0170. The molecule has 0 aliphatic carbocycles. The summed E-state index contributed by atoms with van der Waals surface area (Å²) >= 11 is 0. The second kappa shape index (κ2) is 11.6. The van der Waals surface area contributed by atoms with Crippen molar-refractivity contribution in [2.24, 2.45) is 4.99 Å². The van der Waals surface area contributed by atoms with Crippen molar-refractivity contribution in [3.63, 3.8) is 0 Å². The van der Waals surface area contributed by atoms with Crippen molar-refractivity contribution in [1.29, 1.82) is 0 Å². The number of benzene rings is 2. The van der Waals surface area contributed by atoms with Crippen LogP contribution in [0.15, 0.2) is 70.3 Å². The minimum absolute atomic E-state index is 0.249. The standard InChI is InChI=1S/C26H33N5O2/c1-3-27-26(28-17-23-19-33-25(30-23)22-11-9-20(2)10-12-22)29-18-24(21-7-5-4-6-8-21)31-13-15-32-16-14-31/h4-12,19,24H,3,13-18H2,1-2H3,(H2,27,28,29). The van der Waals surface area contributed by atoms with Gasteiger partial charge in [0.1, 0.15) is 12.0 Å². The molecule has 2 heterocycles. The lowest BCUT2D eigenvalue weighted by atomic mass is 10.0. The van der Waals surface area contributed by atoms with E-state index < -0.39 is 0 Å². The second-order valence-electron chi connectivity index (χ2n) is 8.16. The molecule has 0 bridgehead atoms. The van der Waals surface area contributed by atoms with Gasteiger partial charge in [0.2, 0.25) is 5.89 Å². The van der Waals surface area contributed by atoms with Crippen molar-refractivity contribution in [3.05, 3.63) is 77.7 Å². The Morgan fingerprint density at radius 1 is 1.06 bits per heavy atom. The molecule has 1 atom stereocenters. The minimum atomic E-state index is 0.249. The molecular weight excluding hydrogens is 414 g/mol. The van der Waals surface area contributed by atoms with Crippen LogP contribution >= 0.6 is 0 Å². The highest BCUT2D eigenvalue weighted by molar-refractivity contribution is 5.79. The molecule has 0 spiro atoms.